The summed E-state index contributed by atoms with van der Waals surface area (Å²) in [6.45, 7) is -0.859. The van der Waals surface area contributed by atoms with E-state index in [9.17, 15) is 26.3 Å². The monoisotopic (exact) mass is 300 g/mol. The van der Waals surface area contributed by atoms with Crippen molar-refractivity contribution in [1.82, 2.24) is 0 Å². The standard InChI is InChI=1S/C11H10F6N2O/c12-10(13,14)9(11(15,16)17)20-5-6-1-3-7(4-2-6)8(18)19/h1-4,9H,5H2,(H3,18,19). The molecule has 1 aromatic carbocycles. The molecule has 0 fully saturated rings. The van der Waals surface area contributed by atoms with Crippen LogP contribution in [0.5, 0.6) is 0 Å². The second-order valence-electron chi connectivity index (χ2n) is 3.88. The molecule has 0 atom stereocenters. The van der Waals surface area contributed by atoms with E-state index in [-0.39, 0.29) is 11.4 Å². The van der Waals surface area contributed by atoms with Crippen LogP contribution in [0, 0.1) is 5.41 Å². The highest BCUT2D eigenvalue weighted by Crippen LogP contribution is 2.36. The number of ether oxygens (including phenoxy) is 1. The van der Waals surface area contributed by atoms with Crippen LogP contribution < -0.4 is 5.73 Å². The molecule has 0 radical (unpaired) electrons. The van der Waals surface area contributed by atoms with Crippen molar-refractivity contribution in [3.8, 4) is 0 Å². The van der Waals surface area contributed by atoms with Crippen molar-refractivity contribution in [3.05, 3.63) is 35.4 Å². The number of benzene rings is 1. The summed E-state index contributed by atoms with van der Waals surface area (Å²) in [6, 6.07) is 5.08. The largest absolute Gasteiger partial charge is 0.423 e. The zero-order valence-electron chi connectivity index (χ0n) is 9.85. The van der Waals surface area contributed by atoms with Crippen LogP contribution in [0.2, 0.25) is 0 Å². The van der Waals surface area contributed by atoms with Gasteiger partial charge in [-0.25, -0.2) is 0 Å². The van der Waals surface area contributed by atoms with E-state index in [2.05, 4.69) is 4.74 Å². The lowest BCUT2D eigenvalue weighted by Gasteiger charge is -2.23. The summed E-state index contributed by atoms with van der Waals surface area (Å²) < 4.78 is 77.1. The highest BCUT2D eigenvalue weighted by atomic mass is 19.4. The van der Waals surface area contributed by atoms with Crippen LogP contribution in [0.15, 0.2) is 24.3 Å². The molecule has 0 aliphatic heterocycles. The number of rotatable bonds is 4. The van der Waals surface area contributed by atoms with E-state index in [0.29, 0.717) is 5.56 Å². The second kappa shape index (κ2) is 5.70. The summed E-state index contributed by atoms with van der Waals surface area (Å²) in [7, 11) is 0. The Morgan fingerprint density at radius 1 is 1.05 bits per heavy atom. The van der Waals surface area contributed by atoms with Crippen LogP contribution in [-0.2, 0) is 11.3 Å². The molecular weight excluding hydrogens is 290 g/mol. The maximum atomic E-state index is 12.2. The van der Waals surface area contributed by atoms with Crippen LogP contribution >= 0.6 is 0 Å². The smallest absolute Gasteiger partial charge is 0.384 e. The molecule has 0 aliphatic rings. The van der Waals surface area contributed by atoms with Gasteiger partial charge in [0.15, 0.2) is 0 Å². The molecule has 0 bridgehead atoms. The maximum absolute atomic E-state index is 12.2. The first-order chi connectivity index (χ1) is 9.01. The van der Waals surface area contributed by atoms with Gasteiger partial charge < -0.3 is 10.5 Å². The molecule has 1 rings (SSSR count). The van der Waals surface area contributed by atoms with Gasteiger partial charge in [-0.1, -0.05) is 24.3 Å². The number of nitrogens with one attached hydrogen (secondary N) is 1. The van der Waals surface area contributed by atoms with E-state index < -0.39 is 25.1 Å². The minimum Gasteiger partial charge on any atom is -0.384 e. The van der Waals surface area contributed by atoms with E-state index in [1.54, 1.807) is 0 Å². The SMILES string of the molecule is N=C(N)c1ccc(COC(C(F)(F)F)C(F)(F)F)cc1. The summed E-state index contributed by atoms with van der Waals surface area (Å²) in [5.74, 6) is -0.263. The molecule has 112 valence electrons. The van der Waals surface area contributed by atoms with Gasteiger partial charge in [0.05, 0.1) is 6.61 Å². The van der Waals surface area contributed by atoms with Gasteiger partial charge in [0.2, 0.25) is 6.10 Å². The van der Waals surface area contributed by atoms with Gasteiger partial charge >= 0.3 is 12.4 Å². The van der Waals surface area contributed by atoms with Crippen molar-refractivity contribution in [3.63, 3.8) is 0 Å². The van der Waals surface area contributed by atoms with Crippen LogP contribution in [0.1, 0.15) is 11.1 Å². The molecule has 0 amide bonds. The average Bonchev–Trinajstić information content (AvgIpc) is 2.26. The third-order valence-corrected chi connectivity index (χ3v) is 2.28. The number of nitrogen functional groups attached to an aromatic ring is 1. The van der Waals surface area contributed by atoms with Gasteiger partial charge in [-0.05, 0) is 5.56 Å². The fourth-order valence-electron chi connectivity index (χ4n) is 1.33. The van der Waals surface area contributed by atoms with Gasteiger partial charge in [0, 0.05) is 5.56 Å². The number of alkyl halides is 6. The number of halogens is 6. The summed E-state index contributed by atoms with van der Waals surface area (Å²) >= 11 is 0. The van der Waals surface area contributed by atoms with Gasteiger partial charge in [0.25, 0.3) is 0 Å². The molecule has 0 aliphatic carbocycles. The highest BCUT2D eigenvalue weighted by molar-refractivity contribution is 5.94. The minimum atomic E-state index is -5.53. The lowest BCUT2D eigenvalue weighted by atomic mass is 10.1. The lowest BCUT2D eigenvalue weighted by molar-refractivity contribution is -0.324. The molecule has 3 nitrogen and oxygen atoms in total. The Morgan fingerprint density at radius 3 is 1.85 bits per heavy atom. The molecule has 0 spiro atoms. The van der Waals surface area contributed by atoms with Crippen molar-refractivity contribution in [2.75, 3.05) is 0 Å². The zero-order chi connectivity index (χ0) is 15.6. The van der Waals surface area contributed by atoms with E-state index in [1.165, 1.54) is 24.3 Å². The number of nitrogens with two attached hydrogens (primary N) is 1. The molecule has 0 unspecified atom stereocenters. The van der Waals surface area contributed by atoms with Crippen molar-refractivity contribution >= 4 is 5.84 Å². The molecule has 0 aromatic heterocycles. The first-order valence-corrected chi connectivity index (χ1v) is 5.20. The maximum Gasteiger partial charge on any atom is 0.423 e. The van der Waals surface area contributed by atoms with Crippen LogP contribution in [0.3, 0.4) is 0 Å². The Labute approximate surface area is 109 Å². The summed E-state index contributed by atoms with van der Waals surface area (Å²) in [4.78, 5) is 0. The van der Waals surface area contributed by atoms with Crippen molar-refractivity contribution in [2.24, 2.45) is 5.73 Å². The van der Waals surface area contributed by atoms with E-state index in [4.69, 9.17) is 11.1 Å². The fraction of sp³-hybridized carbons (Fsp3) is 0.364. The number of hydrogen-bond donors (Lipinski definition) is 2. The first-order valence-electron chi connectivity index (χ1n) is 5.20. The van der Waals surface area contributed by atoms with Gasteiger partial charge in [-0.15, -0.1) is 0 Å². The Hall–Kier alpha value is -1.77. The minimum absolute atomic E-state index is 0.105. The van der Waals surface area contributed by atoms with Crippen molar-refractivity contribution in [2.45, 2.75) is 25.1 Å². The summed E-state index contributed by atoms with van der Waals surface area (Å²) in [6.07, 6.45) is -14.9. The zero-order valence-corrected chi connectivity index (χ0v) is 9.85. The van der Waals surface area contributed by atoms with Gasteiger partial charge in [0.1, 0.15) is 5.84 Å². The molecule has 20 heavy (non-hydrogen) atoms. The quantitative estimate of drug-likeness (QED) is 0.510. The predicted octanol–water partition coefficient (Wildman–Crippen LogP) is 2.98. The Bertz CT molecular complexity index is 451. The summed E-state index contributed by atoms with van der Waals surface area (Å²) in [5, 5.41) is 7.09. The van der Waals surface area contributed by atoms with Crippen LogP contribution in [0.25, 0.3) is 0 Å². The Morgan fingerprint density at radius 2 is 1.50 bits per heavy atom. The van der Waals surface area contributed by atoms with E-state index in [0.717, 1.165) is 0 Å². The third-order valence-electron chi connectivity index (χ3n) is 2.28. The van der Waals surface area contributed by atoms with Crippen LogP contribution in [0.4, 0.5) is 26.3 Å². The van der Waals surface area contributed by atoms with Gasteiger partial charge in [-0.3, -0.25) is 5.41 Å². The Balaban J connectivity index is 2.76. The topological polar surface area (TPSA) is 59.1 Å². The van der Waals surface area contributed by atoms with E-state index >= 15 is 0 Å². The molecule has 9 heteroatoms. The van der Waals surface area contributed by atoms with Gasteiger partial charge in [-0.2, -0.15) is 26.3 Å². The van der Waals surface area contributed by atoms with Crippen molar-refractivity contribution in [1.29, 1.82) is 5.41 Å². The van der Waals surface area contributed by atoms with Crippen molar-refractivity contribution < 1.29 is 31.1 Å². The molecule has 0 heterocycles. The molecule has 0 saturated heterocycles. The normalized spacial score (nSPS) is 12.8. The second-order valence-corrected chi connectivity index (χ2v) is 3.88. The molecular formula is C11H10F6N2O. The third kappa shape index (κ3) is 4.41. The molecule has 1 aromatic rings. The number of amidine groups is 1. The average molecular weight is 300 g/mol. The fourth-order valence-corrected chi connectivity index (χ4v) is 1.33. The number of hydrogen-bond acceptors (Lipinski definition) is 2. The summed E-state index contributed by atoms with van der Waals surface area (Å²) in [5.41, 5.74) is 5.56. The predicted molar refractivity (Wildman–Crippen MR) is 58.1 cm³/mol. The molecule has 3 N–H and O–H groups in total. The highest BCUT2D eigenvalue weighted by Gasteiger charge is 2.57. The van der Waals surface area contributed by atoms with E-state index in [1.807, 2.05) is 0 Å². The Kier molecular flexibility index (Phi) is 4.64. The lowest BCUT2D eigenvalue weighted by Crippen LogP contribution is -2.44. The van der Waals surface area contributed by atoms with Crippen LogP contribution in [-0.4, -0.2) is 24.3 Å². The first kappa shape index (κ1) is 16.3. The molecule has 0 saturated carbocycles.